The van der Waals surface area contributed by atoms with E-state index in [0.717, 1.165) is 28.1 Å². The van der Waals surface area contributed by atoms with Crippen molar-refractivity contribution in [1.29, 1.82) is 0 Å². The zero-order valence-corrected chi connectivity index (χ0v) is 16.0. The second-order valence-electron chi connectivity index (χ2n) is 6.24. The first-order valence-corrected chi connectivity index (χ1v) is 10.3. The van der Waals surface area contributed by atoms with Crippen molar-refractivity contribution < 1.29 is 9.59 Å². The molecule has 3 aromatic rings. The number of hydrogen-bond acceptors (Lipinski definition) is 6. The van der Waals surface area contributed by atoms with Crippen molar-refractivity contribution in [3.63, 3.8) is 0 Å². The van der Waals surface area contributed by atoms with Gasteiger partial charge in [-0.25, -0.2) is 9.97 Å². The first-order valence-electron chi connectivity index (χ1n) is 8.47. The van der Waals surface area contributed by atoms with E-state index in [9.17, 15) is 9.59 Å². The van der Waals surface area contributed by atoms with Gasteiger partial charge in [0.25, 0.3) is 5.91 Å². The molecule has 0 saturated heterocycles. The average Bonchev–Trinajstić information content (AvgIpc) is 3.23. The molecule has 0 spiro atoms. The van der Waals surface area contributed by atoms with Crippen LogP contribution < -0.4 is 5.32 Å². The van der Waals surface area contributed by atoms with Gasteiger partial charge in [0, 0.05) is 23.5 Å². The minimum Gasteiger partial charge on any atom is -0.347 e. The van der Waals surface area contributed by atoms with Gasteiger partial charge in [0.05, 0.1) is 5.75 Å². The van der Waals surface area contributed by atoms with Crippen molar-refractivity contribution in [3.8, 4) is 0 Å². The Hall–Kier alpha value is -2.19. The Morgan fingerprint density at radius 1 is 1.31 bits per heavy atom. The Morgan fingerprint density at radius 3 is 2.96 bits per heavy atom. The molecule has 0 bridgehead atoms. The van der Waals surface area contributed by atoms with E-state index in [1.165, 1.54) is 35.0 Å². The molecular formula is C18H18N4O2S2. The van der Waals surface area contributed by atoms with Crippen LogP contribution in [0, 0.1) is 0 Å². The van der Waals surface area contributed by atoms with Crippen LogP contribution in [0.5, 0.6) is 0 Å². The SMILES string of the molecule is Cn1cccc1C(=O)NC(=O)CSc1ncnc2sc3c(c12)CCCC3. The summed E-state index contributed by atoms with van der Waals surface area (Å²) < 4.78 is 1.68. The van der Waals surface area contributed by atoms with Gasteiger partial charge in [-0.15, -0.1) is 11.3 Å². The molecule has 6 nitrogen and oxygen atoms in total. The predicted molar refractivity (Wildman–Crippen MR) is 103 cm³/mol. The van der Waals surface area contributed by atoms with Gasteiger partial charge in [0.1, 0.15) is 21.9 Å². The van der Waals surface area contributed by atoms with E-state index in [4.69, 9.17) is 0 Å². The lowest BCUT2D eigenvalue weighted by atomic mass is 9.97. The van der Waals surface area contributed by atoms with E-state index in [1.54, 1.807) is 47.6 Å². The number of nitrogens with one attached hydrogen (secondary N) is 1. The van der Waals surface area contributed by atoms with Crippen LogP contribution in [-0.4, -0.2) is 32.1 Å². The summed E-state index contributed by atoms with van der Waals surface area (Å²) in [6.07, 6.45) is 7.88. The van der Waals surface area contributed by atoms with Crippen LogP contribution in [0.1, 0.15) is 33.8 Å². The third-order valence-electron chi connectivity index (χ3n) is 4.49. The summed E-state index contributed by atoms with van der Waals surface area (Å²) in [5, 5.41) is 4.36. The zero-order valence-electron chi connectivity index (χ0n) is 14.3. The van der Waals surface area contributed by atoms with Crippen molar-refractivity contribution in [2.75, 3.05) is 5.75 Å². The fourth-order valence-electron chi connectivity index (χ4n) is 3.23. The molecular weight excluding hydrogens is 368 g/mol. The molecule has 0 unspecified atom stereocenters. The number of amides is 2. The fourth-order valence-corrected chi connectivity index (χ4v) is 5.35. The quantitative estimate of drug-likeness (QED) is 0.551. The van der Waals surface area contributed by atoms with Crippen molar-refractivity contribution >= 4 is 45.1 Å². The maximum absolute atomic E-state index is 12.2. The largest absolute Gasteiger partial charge is 0.347 e. The molecule has 1 aliphatic rings. The number of thiophene rings is 1. The van der Waals surface area contributed by atoms with E-state index >= 15 is 0 Å². The van der Waals surface area contributed by atoms with E-state index in [0.29, 0.717) is 5.69 Å². The summed E-state index contributed by atoms with van der Waals surface area (Å²) in [4.78, 5) is 35.5. The first-order chi connectivity index (χ1) is 12.6. The third kappa shape index (κ3) is 3.26. The second-order valence-corrected chi connectivity index (χ2v) is 8.29. The van der Waals surface area contributed by atoms with Crippen molar-refractivity contribution in [3.05, 3.63) is 40.8 Å². The molecule has 3 aromatic heterocycles. The molecule has 0 radical (unpaired) electrons. The minimum atomic E-state index is -0.385. The number of carbonyl (C=O) groups is 2. The van der Waals surface area contributed by atoms with Gasteiger partial charge < -0.3 is 4.57 Å². The van der Waals surface area contributed by atoms with E-state index < -0.39 is 0 Å². The minimum absolute atomic E-state index is 0.146. The number of thioether (sulfide) groups is 1. The smallest absolute Gasteiger partial charge is 0.274 e. The highest BCUT2D eigenvalue weighted by molar-refractivity contribution is 8.00. The number of carbonyl (C=O) groups excluding carboxylic acids is 2. The lowest BCUT2D eigenvalue weighted by Gasteiger charge is -2.11. The molecule has 1 aliphatic carbocycles. The first kappa shape index (κ1) is 17.2. The molecule has 134 valence electrons. The molecule has 8 heteroatoms. The summed E-state index contributed by atoms with van der Waals surface area (Å²) in [5.74, 6) is -0.562. The molecule has 3 heterocycles. The average molecular weight is 387 g/mol. The number of imide groups is 1. The number of hydrogen-bond donors (Lipinski definition) is 1. The molecule has 2 amide bonds. The Kier molecular flexibility index (Phi) is 4.78. The van der Waals surface area contributed by atoms with Gasteiger partial charge in [0.2, 0.25) is 5.91 Å². The van der Waals surface area contributed by atoms with Crippen LogP contribution in [0.25, 0.3) is 10.2 Å². The number of fused-ring (bicyclic) bond motifs is 3. The van der Waals surface area contributed by atoms with Crippen LogP contribution >= 0.6 is 23.1 Å². The molecule has 1 N–H and O–H groups in total. The van der Waals surface area contributed by atoms with Gasteiger partial charge in [-0.1, -0.05) is 11.8 Å². The topological polar surface area (TPSA) is 76.9 Å². The van der Waals surface area contributed by atoms with Crippen molar-refractivity contribution in [1.82, 2.24) is 19.9 Å². The predicted octanol–water partition coefficient (Wildman–Crippen LogP) is 2.96. The van der Waals surface area contributed by atoms with Gasteiger partial charge in [-0.05, 0) is 43.4 Å². The Bertz CT molecular complexity index is 992. The highest BCUT2D eigenvalue weighted by atomic mass is 32.2. The van der Waals surface area contributed by atoms with Crippen LogP contribution in [0.2, 0.25) is 0 Å². The molecule has 26 heavy (non-hydrogen) atoms. The summed E-state index contributed by atoms with van der Waals surface area (Å²) >= 11 is 3.10. The maximum atomic E-state index is 12.2. The molecule has 0 atom stereocenters. The number of rotatable bonds is 4. The molecule has 0 fully saturated rings. The fraction of sp³-hybridized carbons (Fsp3) is 0.333. The zero-order chi connectivity index (χ0) is 18.1. The Morgan fingerprint density at radius 2 is 2.15 bits per heavy atom. The summed E-state index contributed by atoms with van der Waals surface area (Å²) in [5.41, 5.74) is 1.80. The highest BCUT2D eigenvalue weighted by Gasteiger charge is 2.21. The van der Waals surface area contributed by atoms with Gasteiger partial charge >= 0.3 is 0 Å². The molecule has 0 saturated carbocycles. The molecule has 0 aromatic carbocycles. The third-order valence-corrected chi connectivity index (χ3v) is 6.68. The van der Waals surface area contributed by atoms with Gasteiger partial charge in [0.15, 0.2) is 0 Å². The summed E-state index contributed by atoms with van der Waals surface area (Å²) in [6.45, 7) is 0. The van der Waals surface area contributed by atoms with Gasteiger partial charge in [-0.2, -0.15) is 0 Å². The Labute approximate surface area is 159 Å². The van der Waals surface area contributed by atoms with Crippen molar-refractivity contribution in [2.45, 2.75) is 30.7 Å². The standard InChI is InChI=1S/C18H18N4O2S2/c1-22-8-4-6-12(22)16(24)21-14(23)9-25-17-15-11-5-2-3-7-13(11)26-18(15)20-10-19-17/h4,6,8,10H,2-3,5,7,9H2,1H3,(H,21,23,24). The molecule has 4 rings (SSSR count). The summed E-state index contributed by atoms with van der Waals surface area (Å²) in [7, 11) is 1.77. The normalized spacial score (nSPS) is 13.6. The van der Waals surface area contributed by atoms with Crippen LogP contribution in [0.15, 0.2) is 29.7 Å². The van der Waals surface area contributed by atoms with E-state index in [2.05, 4.69) is 15.3 Å². The maximum Gasteiger partial charge on any atom is 0.274 e. The van der Waals surface area contributed by atoms with Crippen LogP contribution in [0.3, 0.4) is 0 Å². The lowest BCUT2D eigenvalue weighted by molar-refractivity contribution is -0.117. The number of aryl methyl sites for hydroxylation is 3. The van der Waals surface area contributed by atoms with E-state index in [1.807, 2.05) is 0 Å². The van der Waals surface area contributed by atoms with Gasteiger partial charge in [-0.3, -0.25) is 14.9 Å². The molecule has 0 aliphatic heterocycles. The number of nitrogens with zero attached hydrogens (tertiary/aromatic N) is 3. The highest BCUT2D eigenvalue weighted by Crippen LogP contribution is 2.39. The van der Waals surface area contributed by atoms with E-state index in [-0.39, 0.29) is 17.6 Å². The summed E-state index contributed by atoms with van der Waals surface area (Å²) in [6, 6.07) is 3.45. The second kappa shape index (κ2) is 7.20. The van der Waals surface area contributed by atoms with Crippen LogP contribution in [0.4, 0.5) is 0 Å². The Balaban J connectivity index is 1.48. The van der Waals surface area contributed by atoms with Crippen LogP contribution in [-0.2, 0) is 24.7 Å². The number of aromatic nitrogens is 3. The lowest BCUT2D eigenvalue weighted by Crippen LogP contribution is -2.33. The van der Waals surface area contributed by atoms with Crippen molar-refractivity contribution in [2.24, 2.45) is 7.05 Å². The monoisotopic (exact) mass is 386 g/mol.